The van der Waals surface area contributed by atoms with Crippen LogP contribution >= 0.6 is 0 Å². The zero-order valence-corrected chi connectivity index (χ0v) is 14.6. The molecule has 0 fully saturated rings. The van der Waals surface area contributed by atoms with Gasteiger partial charge in [-0.15, -0.1) is 0 Å². The number of nitrogens with two attached hydrogens (primary N) is 1. The summed E-state index contributed by atoms with van der Waals surface area (Å²) in [4.78, 5) is 15.7. The van der Waals surface area contributed by atoms with Crippen molar-refractivity contribution < 1.29 is 4.79 Å². The average molecular weight is 357 g/mol. The highest BCUT2D eigenvalue weighted by Crippen LogP contribution is 2.23. The zero-order valence-electron chi connectivity index (χ0n) is 14.6. The molecule has 0 saturated carbocycles. The van der Waals surface area contributed by atoms with Gasteiger partial charge in [0.25, 0.3) is 0 Å². The Labute approximate surface area is 157 Å². The Morgan fingerprint density at radius 2 is 1.85 bits per heavy atom. The Morgan fingerprint density at radius 3 is 2.52 bits per heavy atom. The van der Waals surface area contributed by atoms with Gasteiger partial charge in [0.2, 0.25) is 5.91 Å². The Balaban J connectivity index is 1.80. The molecular weight excluding hydrogens is 338 g/mol. The van der Waals surface area contributed by atoms with Gasteiger partial charge in [-0.05, 0) is 29.8 Å². The van der Waals surface area contributed by atoms with E-state index in [0.717, 1.165) is 22.5 Å². The number of nitriles is 1. The lowest BCUT2D eigenvalue weighted by atomic mass is 10.1. The number of benzene rings is 2. The highest BCUT2D eigenvalue weighted by Gasteiger charge is 2.09. The van der Waals surface area contributed by atoms with Crippen molar-refractivity contribution >= 4 is 23.1 Å². The van der Waals surface area contributed by atoms with Crippen molar-refractivity contribution in [1.82, 2.24) is 4.98 Å². The van der Waals surface area contributed by atoms with Crippen LogP contribution in [0.2, 0.25) is 0 Å². The fourth-order valence-electron chi connectivity index (χ4n) is 2.61. The van der Waals surface area contributed by atoms with E-state index in [1.54, 1.807) is 18.3 Å². The smallest absolute Gasteiger partial charge is 0.221 e. The summed E-state index contributed by atoms with van der Waals surface area (Å²) in [5, 5.41) is 15.4. The van der Waals surface area contributed by atoms with E-state index in [1.165, 1.54) is 0 Å². The third-order valence-electron chi connectivity index (χ3n) is 3.96. The highest BCUT2D eigenvalue weighted by molar-refractivity contribution is 5.79. The van der Waals surface area contributed by atoms with Crippen LogP contribution in [0.4, 0.5) is 17.2 Å². The van der Waals surface area contributed by atoms with E-state index in [9.17, 15) is 4.79 Å². The molecular formula is C21H19N5O. The number of pyridine rings is 1. The summed E-state index contributed by atoms with van der Waals surface area (Å²) in [5.74, 6) is 0.218. The zero-order chi connectivity index (χ0) is 19.1. The average Bonchev–Trinajstić information content (AvgIpc) is 2.69. The van der Waals surface area contributed by atoms with Crippen molar-refractivity contribution in [2.45, 2.75) is 13.0 Å². The first-order valence-electron chi connectivity index (χ1n) is 8.46. The number of carbonyl (C=O) groups excluding carboxylic acids is 1. The molecule has 1 aromatic heterocycles. The molecule has 6 heteroatoms. The van der Waals surface area contributed by atoms with E-state index < -0.39 is 5.91 Å². The fourth-order valence-corrected chi connectivity index (χ4v) is 2.61. The van der Waals surface area contributed by atoms with Crippen molar-refractivity contribution in [3.8, 4) is 6.07 Å². The lowest BCUT2D eigenvalue weighted by molar-refractivity contribution is -0.117. The van der Waals surface area contributed by atoms with Gasteiger partial charge in [-0.1, -0.05) is 30.3 Å². The minimum atomic E-state index is -0.410. The number of hydrogen-bond acceptors (Lipinski definition) is 5. The summed E-state index contributed by atoms with van der Waals surface area (Å²) >= 11 is 0. The van der Waals surface area contributed by atoms with E-state index in [0.29, 0.717) is 17.9 Å². The first-order chi connectivity index (χ1) is 13.1. The monoisotopic (exact) mass is 357 g/mol. The van der Waals surface area contributed by atoms with Gasteiger partial charge >= 0.3 is 0 Å². The SMILES string of the molecule is N#Cc1ccc(Nc2cc(NCc3ccccc3)c(CC(N)=O)cn2)cc1. The van der Waals surface area contributed by atoms with E-state index in [4.69, 9.17) is 11.0 Å². The number of primary amides is 1. The van der Waals surface area contributed by atoms with Gasteiger partial charge in [-0.3, -0.25) is 4.79 Å². The van der Waals surface area contributed by atoms with Gasteiger partial charge in [0, 0.05) is 35.7 Å². The standard InChI is InChI=1S/C21H19N5O/c22-12-15-6-8-18(9-7-15)26-21-11-19(17(14-25-21)10-20(23)27)24-13-16-4-2-1-3-5-16/h1-9,11,14H,10,13H2,(H2,23,27)(H2,24,25,26). The summed E-state index contributed by atoms with van der Waals surface area (Å²) < 4.78 is 0. The van der Waals surface area contributed by atoms with Gasteiger partial charge in [-0.2, -0.15) is 5.26 Å². The molecule has 134 valence electrons. The van der Waals surface area contributed by atoms with Crippen LogP contribution in [0, 0.1) is 11.3 Å². The Morgan fingerprint density at radius 1 is 1.11 bits per heavy atom. The molecule has 0 unspecified atom stereocenters. The molecule has 0 radical (unpaired) electrons. The molecule has 1 amide bonds. The van der Waals surface area contributed by atoms with Gasteiger partial charge in [0.1, 0.15) is 5.82 Å². The molecule has 3 aromatic rings. The molecule has 1 heterocycles. The second-order valence-electron chi connectivity index (χ2n) is 6.02. The molecule has 0 saturated heterocycles. The second kappa shape index (κ2) is 8.50. The van der Waals surface area contributed by atoms with Crippen LogP contribution in [0.15, 0.2) is 66.9 Å². The largest absolute Gasteiger partial charge is 0.381 e. The van der Waals surface area contributed by atoms with E-state index in [-0.39, 0.29) is 6.42 Å². The quantitative estimate of drug-likeness (QED) is 0.602. The van der Waals surface area contributed by atoms with Crippen molar-refractivity contribution in [3.63, 3.8) is 0 Å². The lowest BCUT2D eigenvalue weighted by Gasteiger charge is -2.14. The molecule has 0 aliphatic rings. The normalized spacial score (nSPS) is 10.0. The van der Waals surface area contributed by atoms with Crippen molar-refractivity contribution in [1.29, 1.82) is 5.26 Å². The van der Waals surface area contributed by atoms with Crippen LogP contribution in [0.1, 0.15) is 16.7 Å². The first kappa shape index (κ1) is 18.0. The van der Waals surface area contributed by atoms with Gasteiger partial charge < -0.3 is 16.4 Å². The number of hydrogen-bond donors (Lipinski definition) is 3. The molecule has 0 bridgehead atoms. The molecule has 4 N–H and O–H groups in total. The van der Waals surface area contributed by atoms with Crippen molar-refractivity contribution in [2.75, 3.05) is 10.6 Å². The topological polar surface area (TPSA) is 104 Å². The predicted octanol–water partition coefficient (Wildman–Crippen LogP) is 3.34. The van der Waals surface area contributed by atoms with Crippen LogP contribution in [0.3, 0.4) is 0 Å². The van der Waals surface area contributed by atoms with E-state index >= 15 is 0 Å². The third kappa shape index (κ3) is 5.06. The summed E-state index contributed by atoms with van der Waals surface area (Å²) in [6, 6.07) is 21.0. The molecule has 0 spiro atoms. The number of anilines is 3. The predicted molar refractivity (Wildman–Crippen MR) is 105 cm³/mol. The molecule has 0 aliphatic carbocycles. The number of nitrogens with one attached hydrogen (secondary N) is 2. The summed E-state index contributed by atoms with van der Waals surface area (Å²) in [5.41, 5.74) is 9.42. The number of amides is 1. The number of carbonyl (C=O) groups is 1. The van der Waals surface area contributed by atoms with Crippen molar-refractivity contribution in [2.24, 2.45) is 5.73 Å². The Kier molecular flexibility index (Phi) is 5.65. The molecule has 3 rings (SSSR count). The second-order valence-corrected chi connectivity index (χ2v) is 6.02. The molecule has 27 heavy (non-hydrogen) atoms. The fraction of sp³-hybridized carbons (Fsp3) is 0.0952. The maximum atomic E-state index is 11.4. The van der Waals surface area contributed by atoms with Crippen molar-refractivity contribution in [3.05, 3.63) is 83.6 Å². The Hall–Kier alpha value is -3.85. The molecule has 2 aromatic carbocycles. The summed E-state index contributed by atoms with van der Waals surface area (Å²) in [6.45, 7) is 0.618. The third-order valence-corrected chi connectivity index (χ3v) is 3.96. The maximum Gasteiger partial charge on any atom is 0.221 e. The minimum absolute atomic E-state index is 0.112. The Bertz CT molecular complexity index is 962. The summed E-state index contributed by atoms with van der Waals surface area (Å²) in [7, 11) is 0. The van der Waals surface area contributed by atoms with Crippen LogP contribution in [-0.4, -0.2) is 10.9 Å². The maximum absolute atomic E-state index is 11.4. The minimum Gasteiger partial charge on any atom is -0.381 e. The molecule has 6 nitrogen and oxygen atoms in total. The van der Waals surface area contributed by atoms with Gasteiger partial charge in [0.05, 0.1) is 18.1 Å². The number of nitrogens with zero attached hydrogens (tertiary/aromatic N) is 2. The van der Waals surface area contributed by atoms with E-state index in [2.05, 4.69) is 21.7 Å². The van der Waals surface area contributed by atoms with E-state index in [1.807, 2.05) is 48.5 Å². The molecule has 0 atom stereocenters. The van der Waals surface area contributed by atoms with Crippen LogP contribution in [0.5, 0.6) is 0 Å². The first-order valence-corrected chi connectivity index (χ1v) is 8.46. The van der Waals surface area contributed by atoms with Gasteiger partial charge in [0.15, 0.2) is 0 Å². The molecule has 0 aliphatic heterocycles. The van der Waals surface area contributed by atoms with Gasteiger partial charge in [-0.25, -0.2) is 4.98 Å². The van der Waals surface area contributed by atoms with Crippen LogP contribution in [-0.2, 0) is 17.8 Å². The lowest BCUT2D eigenvalue weighted by Crippen LogP contribution is -2.15. The highest BCUT2D eigenvalue weighted by atomic mass is 16.1. The number of rotatable bonds is 7. The summed E-state index contributed by atoms with van der Waals surface area (Å²) in [6.07, 6.45) is 1.76. The number of aromatic nitrogens is 1. The van der Waals surface area contributed by atoms with Crippen LogP contribution < -0.4 is 16.4 Å². The van der Waals surface area contributed by atoms with Crippen LogP contribution in [0.25, 0.3) is 0 Å².